The topological polar surface area (TPSA) is 46.5 Å². The summed E-state index contributed by atoms with van der Waals surface area (Å²) in [6, 6.07) is 7.53. The fourth-order valence-corrected chi connectivity index (χ4v) is 1.56. The van der Waals surface area contributed by atoms with Gasteiger partial charge in [-0.05, 0) is 41.6 Å². The molecule has 0 aromatic heterocycles. The van der Waals surface area contributed by atoms with Gasteiger partial charge >= 0.3 is 5.97 Å². The van der Waals surface area contributed by atoms with Crippen LogP contribution in [0.15, 0.2) is 24.3 Å². The smallest absolute Gasteiger partial charge is 0.307 e. The Morgan fingerprint density at radius 2 is 2.21 bits per heavy atom. The van der Waals surface area contributed by atoms with Crippen molar-refractivity contribution in [2.75, 3.05) is 0 Å². The van der Waals surface area contributed by atoms with Crippen LogP contribution in [-0.4, -0.2) is 17.2 Å². The molecule has 0 unspecified atom stereocenters. The number of carboxylic acids is 1. The Kier molecular flexibility index (Phi) is 4.19. The zero-order chi connectivity index (χ0) is 10.6. The average molecular weight is 306 g/mol. The summed E-state index contributed by atoms with van der Waals surface area (Å²) in [6.07, 6.45) is -0.284. The highest BCUT2D eigenvalue weighted by Crippen LogP contribution is 2.21. The minimum absolute atomic E-state index is 0.0188. The first-order valence-electron chi connectivity index (χ1n) is 4.22. The number of hydrogen-bond acceptors (Lipinski definition) is 2. The zero-order valence-electron chi connectivity index (χ0n) is 7.74. The van der Waals surface area contributed by atoms with Gasteiger partial charge in [-0.25, -0.2) is 0 Å². The molecule has 0 amide bonds. The molecule has 0 spiro atoms. The van der Waals surface area contributed by atoms with E-state index in [0.717, 1.165) is 9.32 Å². The predicted octanol–water partition coefficient (Wildman–Crippen LogP) is 2.53. The van der Waals surface area contributed by atoms with Crippen LogP contribution in [0.3, 0.4) is 0 Å². The number of carboxylic acid groups (broad SMARTS) is 1. The third-order valence-corrected chi connectivity index (χ3v) is 2.52. The standard InChI is InChI=1S/C10H11IO3/c1-7(6-10(12)13)14-9-5-3-2-4-8(9)11/h2-5,7H,6H2,1H3,(H,12,13)/t7-/m1/s1. The van der Waals surface area contributed by atoms with Crippen molar-refractivity contribution in [2.45, 2.75) is 19.4 Å². The lowest BCUT2D eigenvalue weighted by molar-refractivity contribution is -0.138. The van der Waals surface area contributed by atoms with Crippen molar-refractivity contribution >= 4 is 28.6 Å². The van der Waals surface area contributed by atoms with Gasteiger partial charge in [0.05, 0.1) is 9.99 Å². The Balaban J connectivity index is 2.60. The van der Waals surface area contributed by atoms with Crippen molar-refractivity contribution in [3.05, 3.63) is 27.8 Å². The molecule has 76 valence electrons. The van der Waals surface area contributed by atoms with Gasteiger partial charge in [-0.3, -0.25) is 4.79 Å². The van der Waals surface area contributed by atoms with Crippen molar-refractivity contribution in [3.8, 4) is 5.75 Å². The van der Waals surface area contributed by atoms with Crippen LogP contribution in [0, 0.1) is 3.57 Å². The second-order valence-electron chi connectivity index (χ2n) is 2.96. The van der Waals surface area contributed by atoms with Gasteiger partial charge in [-0.2, -0.15) is 0 Å². The molecule has 4 heteroatoms. The molecule has 0 aliphatic rings. The number of halogens is 1. The molecule has 0 saturated heterocycles. The lowest BCUT2D eigenvalue weighted by atomic mass is 10.3. The number of benzene rings is 1. The Hall–Kier alpha value is -0.780. The lowest BCUT2D eigenvalue weighted by Crippen LogP contribution is -2.16. The Labute approximate surface area is 96.2 Å². The Bertz CT molecular complexity index is 325. The van der Waals surface area contributed by atoms with Crippen molar-refractivity contribution in [1.82, 2.24) is 0 Å². The van der Waals surface area contributed by atoms with Crippen LogP contribution < -0.4 is 4.74 Å². The average Bonchev–Trinajstić information content (AvgIpc) is 2.07. The fourth-order valence-electron chi connectivity index (χ4n) is 1.04. The summed E-state index contributed by atoms with van der Waals surface area (Å²) in [7, 11) is 0. The maximum atomic E-state index is 10.4. The first-order valence-corrected chi connectivity index (χ1v) is 5.30. The molecule has 1 aromatic carbocycles. The third-order valence-electron chi connectivity index (χ3n) is 1.63. The van der Waals surface area contributed by atoms with E-state index in [4.69, 9.17) is 9.84 Å². The van der Waals surface area contributed by atoms with E-state index in [1.165, 1.54) is 0 Å². The third kappa shape index (κ3) is 3.53. The molecule has 0 radical (unpaired) electrons. The van der Waals surface area contributed by atoms with E-state index in [2.05, 4.69) is 22.6 Å². The highest BCUT2D eigenvalue weighted by atomic mass is 127. The molecule has 1 atom stereocenters. The number of rotatable bonds is 4. The second kappa shape index (κ2) is 5.19. The quantitative estimate of drug-likeness (QED) is 0.870. The molecular weight excluding hydrogens is 295 g/mol. The van der Waals surface area contributed by atoms with Crippen LogP contribution in [0.5, 0.6) is 5.75 Å². The predicted molar refractivity (Wildman–Crippen MR) is 61.5 cm³/mol. The van der Waals surface area contributed by atoms with Crippen LogP contribution in [0.2, 0.25) is 0 Å². The molecule has 0 aliphatic carbocycles. The van der Waals surface area contributed by atoms with E-state index in [0.29, 0.717) is 0 Å². The summed E-state index contributed by atoms with van der Waals surface area (Å²) in [6.45, 7) is 1.75. The van der Waals surface area contributed by atoms with Gasteiger partial charge in [-0.1, -0.05) is 12.1 Å². The number of para-hydroxylation sites is 1. The molecule has 1 rings (SSSR count). The molecule has 1 aromatic rings. The van der Waals surface area contributed by atoms with E-state index >= 15 is 0 Å². The lowest BCUT2D eigenvalue weighted by Gasteiger charge is -2.13. The minimum atomic E-state index is -0.844. The summed E-state index contributed by atoms with van der Waals surface area (Å²) in [5, 5.41) is 8.55. The van der Waals surface area contributed by atoms with Crippen molar-refractivity contribution in [2.24, 2.45) is 0 Å². The number of ether oxygens (including phenoxy) is 1. The second-order valence-corrected chi connectivity index (χ2v) is 4.12. The maximum Gasteiger partial charge on any atom is 0.307 e. The molecule has 0 fully saturated rings. The molecular formula is C10H11IO3. The van der Waals surface area contributed by atoms with Gasteiger partial charge in [-0.15, -0.1) is 0 Å². The monoisotopic (exact) mass is 306 g/mol. The van der Waals surface area contributed by atoms with Gasteiger partial charge in [0, 0.05) is 0 Å². The van der Waals surface area contributed by atoms with Gasteiger partial charge in [0.25, 0.3) is 0 Å². The summed E-state index contributed by atoms with van der Waals surface area (Å²) in [5.41, 5.74) is 0. The minimum Gasteiger partial charge on any atom is -0.489 e. The summed E-state index contributed by atoms with van der Waals surface area (Å²) < 4.78 is 6.46. The van der Waals surface area contributed by atoms with Gasteiger partial charge in [0.15, 0.2) is 0 Å². The summed E-state index contributed by atoms with van der Waals surface area (Å²) in [4.78, 5) is 10.4. The number of hydrogen-bond donors (Lipinski definition) is 1. The van der Waals surface area contributed by atoms with Crippen molar-refractivity contribution < 1.29 is 14.6 Å². The first-order chi connectivity index (χ1) is 6.59. The maximum absolute atomic E-state index is 10.4. The van der Waals surface area contributed by atoms with Crippen LogP contribution in [-0.2, 0) is 4.79 Å². The van der Waals surface area contributed by atoms with Crippen molar-refractivity contribution in [1.29, 1.82) is 0 Å². The SMILES string of the molecule is C[C@H](CC(=O)O)Oc1ccccc1I. The van der Waals surface area contributed by atoms with Gasteiger partial charge < -0.3 is 9.84 Å². The summed E-state index contributed by atoms with van der Waals surface area (Å²) in [5.74, 6) is -0.106. The van der Waals surface area contributed by atoms with Gasteiger partial charge in [0.1, 0.15) is 11.9 Å². The Morgan fingerprint density at radius 1 is 1.57 bits per heavy atom. The van der Waals surface area contributed by atoms with E-state index in [-0.39, 0.29) is 12.5 Å². The number of carbonyl (C=O) groups is 1. The highest BCUT2D eigenvalue weighted by molar-refractivity contribution is 14.1. The summed E-state index contributed by atoms with van der Waals surface area (Å²) >= 11 is 2.15. The molecule has 0 heterocycles. The van der Waals surface area contributed by atoms with Gasteiger partial charge in [0.2, 0.25) is 0 Å². The highest BCUT2D eigenvalue weighted by Gasteiger charge is 2.10. The van der Waals surface area contributed by atoms with E-state index < -0.39 is 5.97 Å². The van der Waals surface area contributed by atoms with Crippen LogP contribution in [0.25, 0.3) is 0 Å². The zero-order valence-corrected chi connectivity index (χ0v) is 9.89. The molecule has 3 nitrogen and oxygen atoms in total. The number of aliphatic carboxylic acids is 1. The Morgan fingerprint density at radius 3 is 2.79 bits per heavy atom. The molecule has 0 saturated carbocycles. The molecule has 14 heavy (non-hydrogen) atoms. The molecule has 0 aliphatic heterocycles. The fraction of sp³-hybridized carbons (Fsp3) is 0.300. The van der Waals surface area contributed by atoms with Crippen molar-refractivity contribution in [3.63, 3.8) is 0 Å². The van der Waals surface area contributed by atoms with E-state index in [9.17, 15) is 4.79 Å². The molecule has 0 bridgehead atoms. The van der Waals surface area contributed by atoms with E-state index in [1.54, 1.807) is 6.92 Å². The molecule has 1 N–H and O–H groups in total. The first kappa shape index (κ1) is 11.3. The van der Waals surface area contributed by atoms with Crippen LogP contribution in [0.1, 0.15) is 13.3 Å². The normalized spacial score (nSPS) is 12.1. The van der Waals surface area contributed by atoms with Crippen LogP contribution >= 0.6 is 22.6 Å². The largest absolute Gasteiger partial charge is 0.489 e. The van der Waals surface area contributed by atoms with E-state index in [1.807, 2.05) is 24.3 Å². The van der Waals surface area contributed by atoms with Crippen LogP contribution in [0.4, 0.5) is 0 Å².